The van der Waals surface area contributed by atoms with Crippen LogP contribution in [0.2, 0.25) is 0 Å². The van der Waals surface area contributed by atoms with E-state index in [1.165, 1.54) is 24.4 Å². The summed E-state index contributed by atoms with van der Waals surface area (Å²) in [4.78, 5) is 0.139. The molecule has 0 atom stereocenters. The van der Waals surface area contributed by atoms with E-state index in [0.29, 0.717) is 10.2 Å². The van der Waals surface area contributed by atoms with Gasteiger partial charge >= 0.3 is 0 Å². The Morgan fingerprint density at radius 2 is 1.78 bits per heavy atom. The summed E-state index contributed by atoms with van der Waals surface area (Å²) in [6.45, 7) is 1.78. The molecule has 2 aromatic carbocycles. The van der Waals surface area contributed by atoms with E-state index in [-0.39, 0.29) is 10.5 Å². The third kappa shape index (κ3) is 2.96. The molecule has 0 aliphatic carbocycles. The van der Waals surface area contributed by atoms with Crippen LogP contribution in [0.3, 0.4) is 0 Å². The van der Waals surface area contributed by atoms with Crippen molar-refractivity contribution in [3.63, 3.8) is 0 Å². The van der Waals surface area contributed by atoms with Gasteiger partial charge in [0.15, 0.2) is 0 Å². The highest BCUT2D eigenvalue weighted by atomic mass is 79.9. The Hall–Kier alpha value is -1.92. The van der Waals surface area contributed by atoms with E-state index in [2.05, 4.69) is 15.9 Å². The first kappa shape index (κ1) is 16.0. The molecule has 0 bridgehead atoms. The second-order valence-electron chi connectivity index (χ2n) is 5.14. The zero-order chi connectivity index (χ0) is 16.6. The Labute approximate surface area is 142 Å². The second kappa shape index (κ2) is 5.94. The molecule has 0 aliphatic rings. The molecule has 0 saturated heterocycles. The van der Waals surface area contributed by atoms with Crippen LogP contribution in [0.25, 0.3) is 11.3 Å². The third-order valence-electron chi connectivity index (χ3n) is 3.43. The molecule has 0 spiro atoms. The average molecular weight is 394 g/mol. The number of halogens is 2. The van der Waals surface area contributed by atoms with Gasteiger partial charge in [-0.25, -0.2) is 16.8 Å². The van der Waals surface area contributed by atoms with E-state index in [9.17, 15) is 12.8 Å². The smallest absolute Gasteiger partial charge is 0.241 e. The second-order valence-corrected chi connectivity index (χ2v) is 7.87. The van der Waals surface area contributed by atoms with Gasteiger partial charge in [-0.1, -0.05) is 34.1 Å². The third-order valence-corrected chi connectivity index (χ3v) is 5.59. The van der Waals surface area contributed by atoms with Gasteiger partial charge in [0.2, 0.25) is 0 Å². The quantitative estimate of drug-likeness (QED) is 0.651. The zero-order valence-corrected chi connectivity index (χ0v) is 14.6. The van der Waals surface area contributed by atoms with Crippen LogP contribution in [-0.4, -0.2) is 12.4 Å². The first-order valence-electron chi connectivity index (χ1n) is 6.84. The van der Waals surface area contributed by atoms with E-state index < -0.39 is 15.8 Å². The number of rotatable bonds is 3. The monoisotopic (exact) mass is 393 g/mol. The molecule has 0 saturated carbocycles. The van der Waals surface area contributed by atoms with Crippen LogP contribution in [0, 0.1) is 12.7 Å². The number of aromatic nitrogens is 1. The van der Waals surface area contributed by atoms with Gasteiger partial charge in [-0.3, -0.25) is 0 Å². The highest BCUT2D eigenvalue weighted by Gasteiger charge is 2.22. The van der Waals surface area contributed by atoms with Gasteiger partial charge in [-0.15, -0.1) is 0 Å². The summed E-state index contributed by atoms with van der Waals surface area (Å²) in [6.07, 6.45) is 1.50. The van der Waals surface area contributed by atoms with Crippen LogP contribution in [0.15, 0.2) is 70.2 Å². The summed E-state index contributed by atoms with van der Waals surface area (Å²) in [5, 5.41) is 0. The summed E-state index contributed by atoms with van der Waals surface area (Å²) in [5.41, 5.74) is 1.29. The van der Waals surface area contributed by atoms with Gasteiger partial charge in [0.1, 0.15) is 5.82 Å². The Morgan fingerprint density at radius 3 is 2.48 bits per heavy atom. The van der Waals surface area contributed by atoms with Crippen molar-refractivity contribution in [2.45, 2.75) is 11.8 Å². The minimum atomic E-state index is -3.82. The van der Waals surface area contributed by atoms with E-state index in [1.807, 2.05) is 0 Å². The van der Waals surface area contributed by atoms with Crippen molar-refractivity contribution >= 4 is 26.0 Å². The summed E-state index contributed by atoms with van der Waals surface area (Å²) in [6, 6.07) is 14.2. The van der Waals surface area contributed by atoms with Crippen molar-refractivity contribution in [3.05, 3.63) is 76.6 Å². The number of aryl methyl sites for hydroxylation is 1. The van der Waals surface area contributed by atoms with Gasteiger partial charge in [0.25, 0.3) is 10.0 Å². The van der Waals surface area contributed by atoms with E-state index in [0.717, 1.165) is 9.54 Å². The fourth-order valence-corrected chi connectivity index (χ4v) is 4.40. The lowest BCUT2D eigenvalue weighted by Gasteiger charge is -2.11. The molecule has 118 valence electrons. The number of nitrogens with zero attached hydrogens (tertiary/aromatic N) is 1. The largest absolute Gasteiger partial charge is 0.268 e. The highest BCUT2D eigenvalue weighted by molar-refractivity contribution is 9.10. The van der Waals surface area contributed by atoms with Gasteiger partial charge in [0.05, 0.1) is 10.6 Å². The van der Waals surface area contributed by atoms with Gasteiger partial charge in [-0.05, 0) is 48.9 Å². The molecule has 3 rings (SSSR count). The predicted octanol–water partition coefficient (Wildman–Crippen LogP) is 4.60. The van der Waals surface area contributed by atoms with E-state index in [1.54, 1.807) is 43.3 Å². The maximum Gasteiger partial charge on any atom is 0.268 e. The van der Waals surface area contributed by atoms with Gasteiger partial charge in [0, 0.05) is 16.2 Å². The molecule has 1 aromatic heterocycles. The zero-order valence-electron chi connectivity index (χ0n) is 12.2. The Balaban J connectivity index is 2.24. The summed E-state index contributed by atoms with van der Waals surface area (Å²) in [5.74, 6) is -0.462. The minimum absolute atomic E-state index is 0.139. The minimum Gasteiger partial charge on any atom is -0.241 e. The number of hydrogen-bond acceptors (Lipinski definition) is 2. The molecule has 0 N–H and O–H groups in total. The molecule has 0 radical (unpaired) electrons. The maximum absolute atomic E-state index is 14.1. The van der Waals surface area contributed by atoms with Crippen LogP contribution < -0.4 is 0 Å². The number of benzene rings is 2. The molecule has 1 heterocycles. The SMILES string of the molecule is Cc1cc(-c2ccccc2F)n(S(=O)(=O)c2cccc(Br)c2)c1. The molecule has 23 heavy (non-hydrogen) atoms. The number of hydrogen-bond donors (Lipinski definition) is 0. The summed E-state index contributed by atoms with van der Waals surface area (Å²) >= 11 is 3.27. The van der Waals surface area contributed by atoms with Crippen LogP contribution >= 0.6 is 15.9 Å². The topological polar surface area (TPSA) is 39.1 Å². The fourth-order valence-electron chi connectivity index (χ4n) is 2.38. The van der Waals surface area contributed by atoms with Crippen molar-refractivity contribution in [1.29, 1.82) is 0 Å². The maximum atomic E-state index is 14.1. The molecule has 0 aliphatic heterocycles. The molecule has 3 nitrogen and oxygen atoms in total. The van der Waals surface area contributed by atoms with Gasteiger partial charge < -0.3 is 0 Å². The summed E-state index contributed by atoms with van der Waals surface area (Å²) < 4.78 is 41.7. The van der Waals surface area contributed by atoms with E-state index >= 15 is 0 Å². The highest BCUT2D eigenvalue weighted by Crippen LogP contribution is 2.29. The van der Waals surface area contributed by atoms with Crippen LogP contribution in [-0.2, 0) is 10.0 Å². The Kier molecular flexibility index (Phi) is 4.12. The first-order valence-corrected chi connectivity index (χ1v) is 9.08. The van der Waals surface area contributed by atoms with Crippen molar-refractivity contribution in [2.75, 3.05) is 0 Å². The molecule has 0 fully saturated rings. The Bertz CT molecular complexity index is 980. The van der Waals surface area contributed by atoms with Crippen LogP contribution in [0.5, 0.6) is 0 Å². The molecular weight excluding hydrogens is 381 g/mol. The fraction of sp³-hybridized carbons (Fsp3) is 0.0588. The van der Waals surface area contributed by atoms with Crippen molar-refractivity contribution < 1.29 is 12.8 Å². The molecular formula is C17H13BrFNO2S. The molecule has 0 unspecified atom stereocenters. The lowest BCUT2D eigenvalue weighted by Crippen LogP contribution is -2.13. The molecule has 3 aromatic rings. The van der Waals surface area contributed by atoms with E-state index in [4.69, 9.17) is 0 Å². The lowest BCUT2D eigenvalue weighted by atomic mass is 10.1. The lowest BCUT2D eigenvalue weighted by molar-refractivity contribution is 0.587. The Morgan fingerprint density at radius 1 is 1.04 bits per heavy atom. The predicted molar refractivity (Wildman–Crippen MR) is 91.3 cm³/mol. The molecule has 0 amide bonds. The summed E-state index contributed by atoms with van der Waals surface area (Å²) in [7, 11) is -3.82. The molecule has 6 heteroatoms. The first-order chi connectivity index (χ1) is 10.9. The van der Waals surface area contributed by atoms with Gasteiger partial charge in [-0.2, -0.15) is 0 Å². The average Bonchev–Trinajstić information content (AvgIpc) is 2.90. The van der Waals surface area contributed by atoms with Crippen LogP contribution in [0.1, 0.15) is 5.56 Å². The van der Waals surface area contributed by atoms with Crippen LogP contribution in [0.4, 0.5) is 4.39 Å². The standard InChI is InChI=1S/C17H13BrFNO2S/c1-12-9-17(15-7-2-3-8-16(15)19)20(11-12)23(21,22)14-6-4-5-13(18)10-14/h2-11H,1H3. The van der Waals surface area contributed by atoms with Crippen molar-refractivity contribution in [2.24, 2.45) is 0 Å². The normalized spacial score (nSPS) is 11.6. The van der Waals surface area contributed by atoms with Crippen molar-refractivity contribution in [1.82, 2.24) is 3.97 Å². The van der Waals surface area contributed by atoms with Crippen molar-refractivity contribution in [3.8, 4) is 11.3 Å².